The fourth-order valence-electron chi connectivity index (χ4n) is 6.14. The van der Waals surface area contributed by atoms with E-state index in [1.54, 1.807) is 12.1 Å². The van der Waals surface area contributed by atoms with Crippen molar-refractivity contribution in [1.29, 1.82) is 0 Å². The molecule has 0 radical (unpaired) electrons. The largest absolute Gasteiger partial charge is 0.416 e. The highest BCUT2D eigenvalue weighted by molar-refractivity contribution is 5.85. The summed E-state index contributed by atoms with van der Waals surface area (Å²) in [4.78, 5) is 0. The van der Waals surface area contributed by atoms with Crippen molar-refractivity contribution >= 4 is 12.4 Å². The second kappa shape index (κ2) is 6.77. The summed E-state index contributed by atoms with van der Waals surface area (Å²) in [5.41, 5.74) is 0.179. The Balaban J connectivity index is 0.00000182. The number of alkyl halides is 3. The van der Waals surface area contributed by atoms with E-state index in [4.69, 9.17) is 0 Å². The Labute approximate surface area is 154 Å². The molecule has 0 amide bonds. The van der Waals surface area contributed by atoms with Crippen LogP contribution in [0.25, 0.3) is 0 Å². The molecule has 4 aliphatic rings. The summed E-state index contributed by atoms with van der Waals surface area (Å²) in [6, 6.07) is 6.23. The standard InChI is InChI=1S/C20H26F3N.ClH/c1-13(19-9-14-6-15(10-19)8-16(7-14)11-19)24-12-17-4-2-3-5-18(17)20(21,22)23;/h2-5,13-16,24H,6-12H2,1H3;1H. The molecule has 0 spiro atoms. The van der Waals surface area contributed by atoms with Crippen LogP contribution < -0.4 is 5.32 Å². The Hall–Kier alpha value is -0.740. The van der Waals surface area contributed by atoms with Crippen LogP contribution in [-0.2, 0) is 12.7 Å². The van der Waals surface area contributed by atoms with Crippen LogP contribution >= 0.6 is 12.4 Å². The summed E-state index contributed by atoms with van der Waals surface area (Å²) in [6.07, 6.45) is 3.72. The fraction of sp³-hybridized carbons (Fsp3) is 0.700. The highest BCUT2D eigenvalue weighted by Gasteiger charge is 2.52. The summed E-state index contributed by atoms with van der Waals surface area (Å²) >= 11 is 0. The lowest BCUT2D eigenvalue weighted by Crippen LogP contribution is -2.54. The van der Waals surface area contributed by atoms with E-state index >= 15 is 0 Å². The van der Waals surface area contributed by atoms with Crippen molar-refractivity contribution in [1.82, 2.24) is 5.32 Å². The number of hydrogen-bond donors (Lipinski definition) is 1. The molecule has 0 heterocycles. The average Bonchev–Trinajstić information content (AvgIpc) is 2.50. The topological polar surface area (TPSA) is 12.0 Å². The van der Waals surface area contributed by atoms with Gasteiger partial charge in [-0.3, -0.25) is 0 Å². The highest BCUT2D eigenvalue weighted by Crippen LogP contribution is 2.61. The van der Waals surface area contributed by atoms with Crippen molar-refractivity contribution < 1.29 is 13.2 Å². The Morgan fingerprint density at radius 2 is 1.56 bits per heavy atom. The van der Waals surface area contributed by atoms with Gasteiger partial charge in [0.1, 0.15) is 0 Å². The minimum atomic E-state index is -4.28. The smallest absolute Gasteiger partial charge is 0.310 e. The summed E-state index contributed by atoms with van der Waals surface area (Å²) < 4.78 is 39.5. The number of halogens is 4. The fourth-order valence-corrected chi connectivity index (χ4v) is 6.14. The first-order valence-electron chi connectivity index (χ1n) is 9.24. The van der Waals surface area contributed by atoms with Gasteiger partial charge in [-0.2, -0.15) is 13.2 Å². The molecular weight excluding hydrogens is 347 g/mol. The molecule has 1 atom stereocenters. The Morgan fingerprint density at radius 1 is 1.04 bits per heavy atom. The predicted octanol–water partition coefficient (Wildman–Crippen LogP) is 5.82. The van der Waals surface area contributed by atoms with Crippen molar-refractivity contribution in [3.05, 3.63) is 35.4 Å². The van der Waals surface area contributed by atoms with Crippen molar-refractivity contribution in [3.63, 3.8) is 0 Å². The molecule has 1 nitrogen and oxygen atoms in total. The van der Waals surface area contributed by atoms with Crippen molar-refractivity contribution in [2.24, 2.45) is 23.2 Å². The van der Waals surface area contributed by atoms with Crippen LogP contribution in [0.15, 0.2) is 24.3 Å². The van der Waals surface area contributed by atoms with E-state index in [0.29, 0.717) is 17.5 Å². The first-order valence-corrected chi connectivity index (χ1v) is 9.24. The van der Waals surface area contributed by atoms with Gasteiger partial charge in [0.15, 0.2) is 0 Å². The molecule has 1 unspecified atom stereocenters. The van der Waals surface area contributed by atoms with Gasteiger partial charge in [0, 0.05) is 12.6 Å². The van der Waals surface area contributed by atoms with Gasteiger partial charge < -0.3 is 5.32 Å². The zero-order chi connectivity index (χ0) is 16.9. The minimum absolute atomic E-state index is 0. The van der Waals surface area contributed by atoms with Gasteiger partial charge >= 0.3 is 6.18 Å². The van der Waals surface area contributed by atoms with Gasteiger partial charge in [-0.1, -0.05) is 18.2 Å². The van der Waals surface area contributed by atoms with Gasteiger partial charge in [0.05, 0.1) is 5.56 Å². The van der Waals surface area contributed by atoms with Crippen LogP contribution in [-0.4, -0.2) is 6.04 Å². The van der Waals surface area contributed by atoms with E-state index in [-0.39, 0.29) is 18.4 Å². The SMILES string of the molecule is CC(NCc1ccccc1C(F)(F)F)C12CC3CC(CC(C3)C1)C2.Cl. The van der Waals surface area contributed by atoms with E-state index in [1.165, 1.54) is 50.7 Å². The average molecular weight is 374 g/mol. The van der Waals surface area contributed by atoms with E-state index in [1.807, 2.05) is 0 Å². The molecule has 1 aromatic rings. The molecule has 4 fully saturated rings. The van der Waals surface area contributed by atoms with Crippen molar-refractivity contribution in [2.75, 3.05) is 0 Å². The third-order valence-electron chi connectivity index (χ3n) is 6.93. The molecule has 1 aromatic carbocycles. The number of rotatable bonds is 4. The highest BCUT2D eigenvalue weighted by atomic mass is 35.5. The lowest BCUT2D eigenvalue weighted by molar-refractivity contribution is -0.138. The van der Waals surface area contributed by atoms with Crippen LogP contribution in [0.1, 0.15) is 56.6 Å². The first-order chi connectivity index (χ1) is 11.4. The van der Waals surface area contributed by atoms with Crippen LogP contribution in [0.2, 0.25) is 0 Å². The normalized spacial score (nSPS) is 34.6. The van der Waals surface area contributed by atoms with Crippen LogP contribution in [0.4, 0.5) is 13.2 Å². The predicted molar refractivity (Wildman–Crippen MR) is 95.6 cm³/mol. The Kier molecular flexibility index (Phi) is 5.15. The molecule has 1 N–H and O–H groups in total. The second-order valence-corrected chi connectivity index (χ2v) is 8.54. The summed E-state index contributed by atoms with van der Waals surface area (Å²) in [7, 11) is 0. The maximum atomic E-state index is 13.2. The van der Waals surface area contributed by atoms with Gasteiger partial charge in [0.2, 0.25) is 0 Å². The monoisotopic (exact) mass is 373 g/mol. The first kappa shape index (κ1) is 19.0. The lowest BCUT2D eigenvalue weighted by Gasteiger charge is -2.59. The van der Waals surface area contributed by atoms with Gasteiger partial charge in [-0.15, -0.1) is 12.4 Å². The molecule has 25 heavy (non-hydrogen) atoms. The molecule has 4 aliphatic carbocycles. The molecule has 0 saturated heterocycles. The zero-order valence-electron chi connectivity index (χ0n) is 14.6. The van der Waals surface area contributed by atoms with Crippen LogP contribution in [0.3, 0.4) is 0 Å². The van der Waals surface area contributed by atoms with Crippen LogP contribution in [0, 0.1) is 23.2 Å². The molecule has 0 aromatic heterocycles. The molecule has 4 saturated carbocycles. The van der Waals surface area contributed by atoms with Gasteiger partial charge in [0.25, 0.3) is 0 Å². The second-order valence-electron chi connectivity index (χ2n) is 8.54. The molecule has 0 aliphatic heterocycles. The van der Waals surface area contributed by atoms with Gasteiger partial charge in [-0.25, -0.2) is 0 Å². The summed E-state index contributed by atoms with van der Waals surface area (Å²) in [6.45, 7) is 2.50. The van der Waals surface area contributed by atoms with Crippen LogP contribution in [0.5, 0.6) is 0 Å². The third kappa shape index (κ3) is 3.57. The van der Waals surface area contributed by atoms with Crippen molar-refractivity contribution in [3.8, 4) is 0 Å². The number of hydrogen-bond acceptors (Lipinski definition) is 1. The minimum Gasteiger partial charge on any atom is -0.310 e. The number of benzene rings is 1. The summed E-state index contributed by atoms with van der Waals surface area (Å²) in [5.74, 6) is 2.59. The Bertz CT molecular complexity index is 578. The van der Waals surface area contributed by atoms with Crippen molar-refractivity contribution in [2.45, 2.75) is 64.2 Å². The molecule has 5 rings (SSSR count). The van der Waals surface area contributed by atoms with E-state index < -0.39 is 11.7 Å². The van der Waals surface area contributed by atoms with E-state index in [2.05, 4.69) is 12.2 Å². The van der Waals surface area contributed by atoms with E-state index in [0.717, 1.165) is 17.8 Å². The lowest BCUT2D eigenvalue weighted by atomic mass is 9.48. The summed E-state index contributed by atoms with van der Waals surface area (Å²) in [5, 5.41) is 3.47. The molecule has 5 heteroatoms. The molecule has 4 bridgehead atoms. The van der Waals surface area contributed by atoms with E-state index in [9.17, 15) is 13.2 Å². The van der Waals surface area contributed by atoms with Gasteiger partial charge in [-0.05, 0) is 80.2 Å². The maximum absolute atomic E-state index is 13.2. The third-order valence-corrected chi connectivity index (χ3v) is 6.93. The maximum Gasteiger partial charge on any atom is 0.416 e. The molecular formula is C20H27ClF3N. The quantitative estimate of drug-likeness (QED) is 0.701. The number of nitrogens with one attached hydrogen (secondary N) is 1. The zero-order valence-corrected chi connectivity index (χ0v) is 15.4. The molecule has 140 valence electrons. The Morgan fingerprint density at radius 3 is 2.08 bits per heavy atom.